The highest BCUT2D eigenvalue weighted by Crippen LogP contribution is 2.43. The molecule has 0 bridgehead atoms. The van der Waals surface area contributed by atoms with Gasteiger partial charge in [0.15, 0.2) is 0 Å². The number of rotatable bonds is 5. The number of fused-ring (bicyclic) bond motifs is 1. The second-order valence-corrected chi connectivity index (χ2v) is 6.88. The predicted molar refractivity (Wildman–Crippen MR) is 94.6 cm³/mol. The Morgan fingerprint density at radius 3 is 2.96 bits per heavy atom. The van der Waals surface area contributed by atoms with Gasteiger partial charge >= 0.3 is 5.97 Å². The van der Waals surface area contributed by atoms with Crippen LogP contribution < -0.4 is 16.0 Å². The lowest BCUT2D eigenvalue weighted by atomic mass is 9.68. The highest BCUT2D eigenvalue weighted by molar-refractivity contribution is 5.76. The lowest BCUT2D eigenvalue weighted by Crippen LogP contribution is -2.63. The van der Waals surface area contributed by atoms with E-state index in [2.05, 4.69) is 25.1 Å². The predicted octanol–water partition coefficient (Wildman–Crippen LogP) is -0.162. The van der Waals surface area contributed by atoms with Crippen molar-refractivity contribution >= 4 is 23.6 Å². The van der Waals surface area contributed by atoms with Crippen molar-refractivity contribution in [2.75, 3.05) is 55.8 Å². The van der Waals surface area contributed by atoms with Crippen LogP contribution in [0.1, 0.15) is 19.3 Å². The summed E-state index contributed by atoms with van der Waals surface area (Å²) in [6.07, 6.45) is 2.22. The number of aliphatic hydroxyl groups excluding tert-OH is 1. The van der Waals surface area contributed by atoms with Crippen molar-refractivity contribution in [2.45, 2.75) is 25.3 Å². The van der Waals surface area contributed by atoms with Crippen LogP contribution in [0.4, 0.5) is 17.6 Å². The van der Waals surface area contributed by atoms with Gasteiger partial charge in [-0.1, -0.05) is 0 Å². The van der Waals surface area contributed by atoms with Crippen molar-refractivity contribution in [3.63, 3.8) is 0 Å². The minimum atomic E-state index is -0.698. The zero-order chi connectivity index (χ0) is 18.0. The van der Waals surface area contributed by atoms with Gasteiger partial charge in [0.1, 0.15) is 11.6 Å². The third-order valence-electron chi connectivity index (χ3n) is 5.42. The smallest absolute Gasteiger partial charge is 0.311 e. The number of nitrogens with two attached hydrogens (primary N) is 1. The maximum absolute atomic E-state index is 12.0. The third-order valence-corrected chi connectivity index (χ3v) is 5.42. The van der Waals surface area contributed by atoms with E-state index in [9.17, 15) is 9.90 Å². The van der Waals surface area contributed by atoms with E-state index in [1.54, 1.807) is 6.07 Å². The normalized spacial score (nSPS) is 27.0. The van der Waals surface area contributed by atoms with Gasteiger partial charge in [-0.25, -0.2) is 0 Å². The van der Waals surface area contributed by atoms with E-state index >= 15 is 0 Å². The largest absolute Gasteiger partial charge is 0.481 e. The van der Waals surface area contributed by atoms with Crippen molar-refractivity contribution in [1.29, 1.82) is 0 Å². The highest BCUT2D eigenvalue weighted by Gasteiger charge is 2.52. The summed E-state index contributed by atoms with van der Waals surface area (Å²) in [5.74, 6) is 0.704. The Hall–Kier alpha value is -2.13. The standard InChI is InChI=1S/C16H26N6O3/c1-21-6-2-3-16(14(24)25)4-7-22(10-11(16)21)13-9-12(18-5-8-23)19-15(17)20-13/h9,11,23H,2-8,10H2,1H3,(H,24,25)(H3,17,18,19,20)/t11-,16+/m1/s1. The molecule has 0 spiro atoms. The van der Waals surface area contributed by atoms with Crippen LogP contribution >= 0.6 is 0 Å². The molecule has 0 amide bonds. The van der Waals surface area contributed by atoms with E-state index in [1.807, 2.05) is 7.05 Å². The number of likely N-dealkylation sites (N-methyl/N-ethyl adjacent to an activating group) is 1. The Balaban J connectivity index is 1.84. The molecule has 0 radical (unpaired) electrons. The minimum absolute atomic E-state index is 0.00302. The molecular weight excluding hydrogens is 324 g/mol. The number of likely N-dealkylation sites (tertiary alicyclic amines) is 1. The summed E-state index contributed by atoms with van der Waals surface area (Å²) in [5.41, 5.74) is 5.13. The topological polar surface area (TPSA) is 128 Å². The molecular formula is C16H26N6O3. The second kappa shape index (κ2) is 7.01. The number of aliphatic hydroxyl groups is 1. The van der Waals surface area contributed by atoms with Crippen molar-refractivity contribution in [1.82, 2.24) is 14.9 Å². The van der Waals surface area contributed by atoms with Crippen molar-refractivity contribution in [2.24, 2.45) is 5.41 Å². The molecule has 2 fully saturated rings. The molecule has 2 atom stereocenters. The Morgan fingerprint density at radius 1 is 1.44 bits per heavy atom. The first kappa shape index (κ1) is 17.7. The van der Waals surface area contributed by atoms with Gasteiger partial charge in [-0.2, -0.15) is 9.97 Å². The molecule has 1 aromatic heterocycles. The van der Waals surface area contributed by atoms with Crippen molar-refractivity contribution in [3.05, 3.63) is 6.07 Å². The second-order valence-electron chi connectivity index (χ2n) is 6.88. The number of carboxylic acids is 1. The average molecular weight is 350 g/mol. The number of carboxylic acid groups (broad SMARTS) is 1. The fourth-order valence-corrected chi connectivity index (χ4v) is 4.08. The monoisotopic (exact) mass is 350 g/mol. The van der Waals surface area contributed by atoms with Crippen LogP contribution in [0, 0.1) is 5.41 Å². The van der Waals surface area contributed by atoms with Gasteiger partial charge in [0.2, 0.25) is 5.95 Å². The molecule has 25 heavy (non-hydrogen) atoms. The summed E-state index contributed by atoms with van der Waals surface area (Å²) < 4.78 is 0. The summed E-state index contributed by atoms with van der Waals surface area (Å²) in [5, 5.41) is 21.8. The SMILES string of the molecule is CN1CCC[C@]2(C(=O)O)CCN(c3cc(NCCO)nc(N)n3)C[C@@H]12. The molecule has 9 heteroatoms. The van der Waals surface area contributed by atoms with E-state index in [0.717, 1.165) is 19.4 Å². The summed E-state index contributed by atoms with van der Waals surface area (Å²) in [6, 6.07) is 1.74. The highest BCUT2D eigenvalue weighted by atomic mass is 16.4. The van der Waals surface area contributed by atoms with E-state index in [-0.39, 0.29) is 18.6 Å². The van der Waals surface area contributed by atoms with Crippen LogP contribution in [0.25, 0.3) is 0 Å². The molecule has 0 unspecified atom stereocenters. The van der Waals surface area contributed by atoms with Gasteiger partial charge in [-0.05, 0) is 32.9 Å². The average Bonchev–Trinajstić information content (AvgIpc) is 2.59. The fraction of sp³-hybridized carbons (Fsp3) is 0.688. The number of piperidine rings is 2. The Labute approximate surface area is 146 Å². The molecule has 3 rings (SSSR count). The van der Waals surface area contributed by atoms with Crippen molar-refractivity contribution < 1.29 is 15.0 Å². The molecule has 9 nitrogen and oxygen atoms in total. The van der Waals surface area contributed by atoms with Gasteiger partial charge in [0.05, 0.1) is 12.0 Å². The minimum Gasteiger partial charge on any atom is -0.481 e. The summed E-state index contributed by atoms with van der Waals surface area (Å²) in [7, 11) is 1.99. The first-order valence-corrected chi connectivity index (χ1v) is 8.64. The van der Waals surface area contributed by atoms with Gasteiger partial charge < -0.3 is 31.1 Å². The molecule has 0 aromatic carbocycles. The molecule has 5 N–H and O–H groups in total. The number of anilines is 3. The first-order chi connectivity index (χ1) is 12.0. The summed E-state index contributed by atoms with van der Waals surface area (Å²) in [4.78, 5) is 24.7. The van der Waals surface area contributed by atoms with E-state index in [0.29, 0.717) is 37.7 Å². The zero-order valence-corrected chi connectivity index (χ0v) is 14.5. The molecule has 2 aliphatic heterocycles. The Kier molecular flexibility index (Phi) is 4.96. The number of hydrogen-bond donors (Lipinski definition) is 4. The van der Waals surface area contributed by atoms with Crippen LogP contribution in [-0.4, -0.2) is 76.9 Å². The van der Waals surface area contributed by atoms with Crippen LogP contribution in [0.15, 0.2) is 6.07 Å². The quantitative estimate of drug-likeness (QED) is 0.572. The molecule has 2 saturated heterocycles. The molecule has 0 saturated carbocycles. The van der Waals surface area contributed by atoms with Gasteiger partial charge in [-0.3, -0.25) is 4.79 Å². The number of hydrogen-bond acceptors (Lipinski definition) is 8. The van der Waals surface area contributed by atoms with E-state index in [1.165, 1.54) is 0 Å². The number of aliphatic carboxylic acids is 1. The number of nitrogens with zero attached hydrogens (tertiary/aromatic N) is 4. The van der Waals surface area contributed by atoms with Crippen molar-refractivity contribution in [3.8, 4) is 0 Å². The maximum Gasteiger partial charge on any atom is 0.311 e. The lowest BCUT2D eigenvalue weighted by molar-refractivity contribution is -0.158. The Morgan fingerprint density at radius 2 is 2.24 bits per heavy atom. The number of aromatic nitrogens is 2. The van der Waals surface area contributed by atoms with Gasteiger partial charge in [0.25, 0.3) is 0 Å². The molecule has 0 aliphatic carbocycles. The van der Waals surface area contributed by atoms with Crippen LogP contribution in [0.3, 0.4) is 0 Å². The van der Waals surface area contributed by atoms with Crippen LogP contribution in [0.5, 0.6) is 0 Å². The number of nitrogen functional groups attached to an aromatic ring is 1. The molecule has 138 valence electrons. The Bertz CT molecular complexity index is 642. The summed E-state index contributed by atoms with van der Waals surface area (Å²) >= 11 is 0. The fourth-order valence-electron chi connectivity index (χ4n) is 4.08. The van der Waals surface area contributed by atoms with E-state index in [4.69, 9.17) is 10.8 Å². The van der Waals surface area contributed by atoms with Gasteiger partial charge in [-0.15, -0.1) is 0 Å². The number of nitrogens with one attached hydrogen (secondary N) is 1. The molecule has 3 heterocycles. The third kappa shape index (κ3) is 3.34. The lowest BCUT2D eigenvalue weighted by Gasteiger charge is -2.52. The van der Waals surface area contributed by atoms with Gasteiger partial charge in [0, 0.05) is 31.7 Å². The summed E-state index contributed by atoms with van der Waals surface area (Å²) in [6.45, 7) is 2.49. The van der Waals surface area contributed by atoms with Crippen LogP contribution in [-0.2, 0) is 4.79 Å². The molecule has 2 aliphatic rings. The number of carbonyl (C=O) groups is 1. The maximum atomic E-state index is 12.0. The first-order valence-electron chi connectivity index (χ1n) is 8.64. The molecule has 1 aromatic rings. The van der Waals surface area contributed by atoms with E-state index < -0.39 is 11.4 Å². The van der Waals surface area contributed by atoms with Crippen LogP contribution in [0.2, 0.25) is 0 Å². The zero-order valence-electron chi connectivity index (χ0n) is 14.5.